The molecule has 5 heteroatoms. The average molecular weight is 220 g/mol. The second kappa shape index (κ2) is 3.73. The molecule has 0 spiro atoms. The van der Waals surface area contributed by atoms with Crippen LogP contribution in [0.3, 0.4) is 0 Å². The van der Waals surface area contributed by atoms with Crippen molar-refractivity contribution >= 4 is 27.5 Å². The topological polar surface area (TPSA) is 41.9 Å². The number of nitrogens with zero attached hydrogens (tertiary/aromatic N) is 4. The SMILES string of the molecule is c1nc(N2CCCCC2)c2ncsc2n1. The van der Waals surface area contributed by atoms with Crippen molar-refractivity contribution in [3.05, 3.63) is 11.8 Å². The van der Waals surface area contributed by atoms with Crippen LogP contribution in [0.25, 0.3) is 10.3 Å². The molecule has 78 valence electrons. The number of aromatic nitrogens is 3. The van der Waals surface area contributed by atoms with Gasteiger partial charge in [-0.25, -0.2) is 15.0 Å². The van der Waals surface area contributed by atoms with Gasteiger partial charge in [-0.05, 0) is 19.3 Å². The lowest BCUT2D eigenvalue weighted by atomic mass is 10.1. The van der Waals surface area contributed by atoms with E-state index >= 15 is 0 Å². The lowest BCUT2D eigenvalue weighted by molar-refractivity contribution is 0.574. The molecule has 1 aliphatic rings. The smallest absolute Gasteiger partial charge is 0.159 e. The number of hydrogen-bond acceptors (Lipinski definition) is 5. The van der Waals surface area contributed by atoms with Gasteiger partial charge in [0.05, 0.1) is 5.51 Å². The van der Waals surface area contributed by atoms with Crippen molar-refractivity contribution in [2.75, 3.05) is 18.0 Å². The average Bonchev–Trinajstić information content (AvgIpc) is 2.78. The third-order valence-electron chi connectivity index (χ3n) is 2.77. The van der Waals surface area contributed by atoms with Gasteiger partial charge >= 0.3 is 0 Å². The Labute approximate surface area is 92.0 Å². The minimum atomic E-state index is 0.962. The summed E-state index contributed by atoms with van der Waals surface area (Å²) in [5.41, 5.74) is 2.80. The first kappa shape index (κ1) is 9.03. The Morgan fingerprint density at radius 2 is 1.93 bits per heavy atom. The molecule has 0 saturated carbocycles. The van der Waals surface area contributed by atoms with Crippen LogP contribution in [0, 0.1) is 0 Å². The lowest BCUT2D eigenvalue weighted by Crippen LogP contribution is -2.30. The fourth-order valence-electron chi connectivity index (χ4n) is 2.02. The van der Waals surface area contributed by atoms with E-state index in [0.29, 0.717) is 0 Å². The molecule has 0 bridgehead atoms. The molecule has 0 N–H and O–H groups in total. The summed E-state index contributed by atoms with van der Waals surface area (Å²) in [4.78, 5) is 16.2. The predicted octanol–water partition coefficient (Wildman–Crippen LogP) is 2.08. The van der Waals surface area contributed by atoms with Crippen LogP contribution >= 0.6 is 11.3 Å². The van der Waals surface area contributed by atoms with Crippen molar-refractivity contribution in [2.45, 2.75) is 19.3 Å². The van der Waals surface area contributed by atoms with Gasteiger partial charge in [0.1, 0.15) is 16.7 Å². The van der Waals surface area contributed by atoms with E-state index in [1.165, 1.54) is 19.3 Å². The maximum atomic E-state index is 4.36. The maximum Gasteiger partial charge on any atom is 0.159 e. The molecule has 3 rings (SSSR count). The molecular formula is C10H12N4S. The molecule has 2 aromatic rings. The van der Waals surface area contributed by atoms with E-state index < -0.39 is 0 Å². The van der Waals surface area contributed by atoms with Crippen LogP contribution in [-0.2, 0) is 0 Å². The number of thiazole rings is 1. The van der Waals surface area contributed by atoms with Crippen LogP contribution in [0.5, 0.6) is 0 Å². The molecule has 1 fully saturated rings. The summed E-state index contributed by atoms with van der Waals surface area (Å²) in [6, 6.07) is 0. The Kier molecular flexibility index (Phi) is 2.25. The number of piperidine rings is 1. The van der Waals surface area contributed by atoms with E-state index in [2.05, 4.69) is 19.9 Å². The molecule has 0 aliphatic carbocycles. The molecule has 0 unspecified atom stereocenters. The Hall–Kier alpha value is -1.23. The highest BCUT2D eigenvalue weighted by Crippen LogP contribution is 2.25. The summed E-state index contributed by atoms with van der Waals surface area (Å²) < 4.78 is 0. The van der Waals surface area contributed by atoms with Crippen LogP contribution in [0.2, 0.25) is 0 Å². The molecule has 0 amide bonds. The Morgan fingerprint density at radius 1 is 1.07 bits per heavy atom. The highest BCUT2D eigenvalue weighted by molar-refractivity contribution is 7.16. The monoisotopic (exact) mass is 220 g/mol. The predicted molar refractivity (Wildman–Crippen MR) is 61.3 cm³/mol. The first-order valence-corrected chi connectivity index (χ1v) is 6.12. The van der Waals surface area contributed by atoms with E-state index in [9.17, 15) is 0 Å². The Morgan fingerprint density at radius 3 is 2.80 bits per heavy atom. The number of anilines is 1. The molecule has 1 aliphatic heterocycles. The van der Waals surface area contributed by atoms with Gasteiger partial charge in [0.2, 0.25) is 0 Å². The normalized spacial score (nSPS) is 17.2. The molecule has 15 heavy (non-hydrogen) atoms. The van der Waals surface area contributed by atoms with Gasteiger partial charge in [0, 0.05) is 13.1 Å². The van der Waals surface area contributed by atoms with E-state index in [-0.39, 0.29) is 0 Å². The summed E-state index contributed by atoms with van der Waals surface area (Å²) in [7, 11) is 0. The maximum absolute atomic E-state index is 4.36. The summed E-state index contributed by atoms with van der Waals surface area (Å²) in [6.07, 6.45) is 5.50. The van der Waals surface area contributed by atoms with Crippen molar-refractivity contribution in [3.8, 4) is 0 Å². The molecule has 0 radical (unpaired) electrons. The molecule has 4 nitrogen and oxygen atoms in total. The summed E-state index contributed by atoms with van der Waals surface area (Å²) in [5.74, 6) is 1.01. The van der Waals surface area contributed by atoms with Gasteiger partial charge in [-0.1, -0.05) is 0 Å². The summed E-state index contributed by atoms with van der Waals surface area (Å²) in [5, 5.41) is 0. The zero-order valence-corrected chi connectivity index (χ0v) is 9.20. The van der Waals surface area contributed by atoms with Gasteiger partial charge < -0.3 is 4.90 Å². The van der Waals surface area contributed by atoms with Crippen LogP contribution in [0.15, 0.2) is 11.8 Å². The van der Waals surface area contributed by atoms with Gasteiger partial charge in [0.15, 0.2) is 5.82 Å². The fourth-order valence-corrected chi connectivity index (χ4v) is 2.64. The van der Waals surface area contributed by atoms with Gasteiger partial charge in [-0.15, -0.1) is 11.3 Å². The van der Waals surface area contributed by atoms with E-state index in [4.69, 9.17) is 0 Å². The van der Waals surface area contributed by atoms with Crippen LogP contribution < -0.4 is 4.90 Å². The van der Waals surface area contributed by atoms with Gasteiger partial charge in [-0.2, -0.15) is 0 Å². The number of fused-ring (bicyclic) bond motifs is 1. The van der Waals surface area contributed by atoms with Crippen LogP contribution in [0.4, 0.5) is 5.82 Å². The third kappa shape index (κ3) is 1.56. The largest absolute Gasteiger partial charge is 0.355 e. The van der Waals surface area contributed by atoms with E-state index in [1.54, 1.807) is 17.7 Å². The standard InChI is InChI=1S/C10H12N4S/c1-2-4-14(5-3-1)9-8-10(12-6-11-9)15-7-13-8/h6-7H,1-5H2. The number of rotatable bonds is 1. The Bertz CT molecular complexity index is 461. The van der Waals surface area contributed by atoms with Crippen molar-refractivity contribution in [1.29, 1.82) is 0 Å². The molecule has 2 aromatic heterocycles. The van der Waals surface area contributed by atoms with Crippen LogP contribution in [0.1, 0.15) is 19.3 Å². The first-order chi connectivity index (χ1) is 7.45. The molecule has 0 atom stereocenters. The van der Waals surface area contributed by atoms with Gasteiger partial charge in [-0.3, -0.25) is 0 Å². The van der Waals surface area contributed by atoms with Crippen LogP contribution in [-0.4, -0.2) is 28.0 Å². The second-order valence-electron chi connectivity index (χ2n) is 3.75. The minimum absolute atomic E-state index is 0.962. The fraction of sp³-hybridized carbons (Fsp3) is 0.500. The van der Waals surface area contributed by atoms with Crippen molar-refractivity contribution < 1.29 is 0 Å². The zero-order chi connectivity index (χ0) is 10.1. The van der Waals surface area contributed by atoms with E-state index in [1.807, 2.05) is 5.51 Å². The highest BCUT2D eigenvalue weighted by Gasteiger charge is 2.16. The second-order valence-corrected chi connectivity index (χ2v) is 4.58. The Balaban J connectivity index is 2.05. The van der Waals surface area contributed by atoms with Crippen molar-refractivity contribution in [2.24, 2.45) is 0 Å². The third-order valence-corrected chi connectivity index (χ3v) is 3.50. The summed E-state index contributed by atoms with van der Waals surface area (Å²) >= 11 is 1.58. The highest BCUT2D eigenvalue weighted by atomic mass is 32.1. The summed E-state index contributed by atoms with van der Waals surface area (Å²) in [6.45, 7) is 2.20. The molecule has 0 aromatic carbocycles. The molecule has 3 heterocycles. The minimum Gasteiger partial charge on any atom is -0.355 e. The lowest BCUT2D eigenvalue weighted by Gasteiger charge is -2.27. The van der Waals surface area contributed by atoms with Crippen molar-refractivity contribution in [3.63, 3.8) is 0 Å². The van der Waals surface area contributed by atoms with Gasteiger partial charge in [0.25, 0.3) is 0 Å². The quantitative estimate of drug-likeness (QED) is 0.738. The molecular weight excluding hydrogens is 208 g/mol. The number of hydrogen-bond donors (Lipinski definition) is 0. The first-order valence-electron chi connectivity index (χ1n) is 5.24. The molecule has 1 saturated heterocycles. The zero-order valence-electron chi connectivity index (χ0n) is 8.39. The van der Waals surface area contributed by atoms with E-state index in [0.717, 1.165) is 29.3 Å². The van der Waals surface area contributed by atoms with Crippen molar-refractivity contribution in [1.82, 2.24) is 15.0 Å².